The summed E-state index contributed by atoms with van der Waals surface area (Å²) in [5, 5.41) is 18.9. The molecule has 0 unspecified atom stereocenters. The lowest BCUT2D eigenvalue weighted by Gasteiger charge is -2.08. The highest BCUT2D eigenvalue weighted by Crippen LogP contribution is 2.41. The highest BCUT2D eigenvalue weighted by molar-refractivity contribution is 7.13. The Hall–Kier alpha value is -3.07. The second-order valence-electron chi connectivity index (χ2n) is 7.06. The second-order valence-corrected chi connectivity index (χ2v) is 8.07. The van der Waals surface area contributed by atoms with Gasteiger partial charge < -0.3 is 15.2 Å². The van der Waals surface area contributed by atoms with E-state index in [0.717, 1.165) is 34.9 Å². The molecule has 0 spiro atoms. The summed E-state index contributed by atoms with van der Waals surface area (Å²) in [5.41, 5.74) is 2.85. The Kier molecular flexibility index (Phi) is 5.39. The first-order valence-electron chi connectivity index (χ1n) is 9.46. The molecule has 1 aromatic carbocycles. The number of anilines is 1. The normalized spacial score (nSPS) is 13.3. The minimum atomic E-state index is -0.314. The van der Waals surface area contributed by atoms with E-state index in [1.807, 2.05) is 13.8 Å². The Balaban J connectivity index is 1.34. The van der Waals surface area contributed by atoms with Gasteiger partial charge in [0.15, 0.2) is 0 Å². The molecule has 9 heteroatoms. The summed E-state index contributed by atoms with van der Waals surface area (Å²) in [5.74, 6) is 0.708. The Morgan fingerprint density at radius 3 is 2.76 bits per heavy atom. The van der Waals surface area contributed by atoms with E-state index in [-0.39, 0.29) is 11.8 Å². The molecule has 29 heavy (non-hydrogen) atoms. The van der Waals surface area contributed by atoms with E-state index in [1.165, 1.54) is 11.3 Å². The third-order valence-corrected chi connectivity index (χ3v) is 5.87. The zero-order valence-corrected chi connectivity index (χ0v) is 17.0. The van der Waals surface area contributed by atoms with Gasteiger partial charge in [-0.25, -0.2) is 0 Å². The molecule has 1 aliphatic carbocycles. The van der Waals surface area contributed by atoms with Gasteiger partial charge in [-0.1, -0.05) is 22.6 Å². The van der Waals surface area contributed by atoms with Crippen LogP contribution in [0.25, 0.3) is 0 Å². The maximum absolute atomic E-state index is 12.5. The van der Waals surface area contributed by atoms with Crippen LogP contribution in [0.1, 0.15) is 60.9 Å². The van der Waals surface area contributed by atoms with Gasteiger partial charge in [0.1, 0.15) is 10.8 Å². The summed E-state index contributed by atoms with van der Waals surface area (Å²) in [6, 6.07) is 6.82. The zero-order valence-electron chi connectivity index (χ0n) is 16.2. The minimum absolute atomic E-state index is 0.209. The lowest BCUT2D eigenvalue weighted by molar-refractivity contribution is 0.0952. The van der Waals surface area contributed by atoms with Crippen molar-refractivity contribution < 1.29 is 14.1 Å². The molecule has 1 saturated carbocycles. The number of nitrogens with zero attached hydrogens (tertiary/aromatic N) is 3. The van der Waals surface area contributed by atoms with Gasteiger partial charge in [-0.2, -0.15) is 0 Å². The molecule has 0 bridgehead atoms. The van der Waals surface area contributed by atoms with Crippen LogP contribution in [-0.2, 0) is 6.42 Å². The van der Waals surface area contributed by atoms with Crippen molar-refractivity contribution in [3.05, 3.63) is 56.9 Å². The summed E-state index contributed by atoms with van der Waals surface area (Å²) in [4.78, 5) is 24.9. The molecule has 2 amide bonds. The molecule has 3 aromatic rings. The van der Waals surface area contributed by atoms with Gasteiger partial charge in [0, 0.05) is 29.3 Å². The van der Waals surface area contributed by atoms with Crippen molar-refractivity contribution in [1.29, 1.82) is 0 Å². The molecule has 0 radical (unpaired) electrons. The summed E-state index contributed by atoms with van der Waals surface area (Å²) in [6.07, 6.45) is 2.87. The molecule has 2 heterocycles. The first-order chi connectivity index (χ1) is 14.0. The van der Waals surface area contributed by atoms with Crippen LogP contribution < -0.4 is 10.6 Å². The van der Waals surface area contributed by atoms with Crippen LogP contribution in [0, 0.1) is 13.8 Å². The van der Waals surface area contributed by atoms with E-state index in [2.05, 4.69) is 26.0 Å². The number of carbonyl (C=O) groups is 2. The SMILES string of the molecule is Cc1noc(C)c1CCNC(=O)c1cccc(NC(=O)c2nnc(C3CC3)s2)c1. The molecule has 0 atom stereocenters. The molecule has 150 valence electrons. The van der Waals surface area contributed by atoms with Crippen LogP contribution in [0.3, 0.4) is 0 Å². The number of aromatic nitrogens is 3. The third kappa shape index (κ3) is 4.51. The molecule has 4 rings (SSSR count). The molecule has 2 aromatic heterocycles. The summed E-state index contributed by atoms with van der Waals surface area (Å²) >= 11 is 1.33. The fourth-order valence-electron chi connectivity index (χ4n) is 3.01. The molecular formula is C20H21N5O3S. The van der Waals surface area contributed by atoms with Gasteiger partial charge >= 0.3 is 0 Å². The van der Waals surface area contributed by atoms with Crippen molar-refractivity contribution >= 4 is 28.8 Å². The lowest BCUT2D eigenvalue weighted by atomic mass is 10.1. The van der Waals surface area contributed by atoms with Crippen molar-refractivity contribution in [1.82, 2.24) is 20.7 Å². The predicted molar refractivity (Wildman–Crippen MR) is 108 cm³/mol. The largest absolute Gasteiger partial charge is 0.361 e. The van der Waals surface area contributed by atoms with Gasteiger partial charge in [0.25, 0.3) is 11.8 Å². The molecular weight excluding hydrogens is 390 g/mol. The molecule has 0 aliphatic heterocycles. The third-order valence-electron chi connectivity index (χ3n) is 4.79. The number of carbonyl (C=O) groups excluding carboxylic acids is 2. The van der Waals surface area contributed by atoms with E-state index < -0.39 is 0 Å². The average molecular weight is 411 g/mol. The van der Waals surface area contributed by atoms with Crippen LogP contribution in [0.5, 0.6) is 0 Å². The highest BCUT2D eigenvalue weighted by Gasteiger charge is 2.28. The Labute approximate surface area is 171 Å². The average Bonchev–Trinajstić information content (AvgIpc) is 3.36. The van der Waals surface area contributed by atoms with Gasteiger partial charge in [0.05, 0.1) is 5.69 Å². The van der Waals surface area contributed by atoms with Crippen molar-refractivity contribution in [2.75, 3.05) is 11.9 Å². The quantitative estimate of drug-likeness (QED) is 0.618. The standard InChI is InChI=1S/C20H21N5O3S/c1-11-16(12(2)28-25-11)8-9-21-17(26)14-4-3-5-15(10-14)22-18(27)20-24-23-19(29-20)13-6-7-13/h3-5,10,13H,6-9H2,1-2H3,(H,21,26)(H,22,27). The fraction of sp³-hybridized carbons (Fsp3) is 0.350. The molecule has 8 nitrogen and oxygen atoms in total. The first-order valence-corrected chi connectivity index (χ1v) is 10.3. The van der Waals surface area contributed by atoms with Gasteiger partial charge in [-0.15, -0.1) is 10.2 Å². The number of benzene rings is 1. The van der Waals surface area contributed by atoms with Gasteiger partial charge in [-0.05, 0) is 51.3 Å². The number of rotatable bonds is 7. The molecule has 1 fully saturated rings. The van der Waals surface area contributed by atoms with Gasteiger partial charge in [0.2, 0.25) is 5.01 Å². The Bertz CT molecular complexity index is 1030. The number of hydrogen-bond acceptors (Lipinski definition) is 7. The number of aryl methyl sites for hydroxylation is 2. The fourth-order valence-corrected chi connectivity index (χ4v) is 3.91. The van der Waals surface area contributed by atoms with E-state index in [4.69, 9.17) is 4.52 Å². The smallest absolute Gasteiger partial charge is 0.286 e. The van der Waals surface area contributed by atoms with Gasteiger partial charge in [-0.3, -0.25) is 9.59 Å². The van der Waals surface area contributed by atoms with Crippen LogP contribution in [-0.4, -0.2) is 33.7 Å². The Morgan fingerprint density at radius 1 is 1.21 bits per heavy atom. The summed E-state index contributed by atoms with van der Waals surface area (Å²) in [7, 11) is 0. The highest BCUT2D eigenvalue weighted by atomic mass is 32.1. The van der Waals surface area contributed by atoms with Crippen molar-refractivity contribution in [2.45, 2.75) is 39.0 Å². The number of hydrogen-bond donors (Lipinski definition) is 2. The zero-order chi connectivity index (χ0) is 20.4. The van der Waals surface area contributed by atoms with E-state index in [0.29, 0.717) is 35.1 Å². The van der Waals surface area contributed by atoms with Crippen LogP contribution in [0.15, 0.2) is 28.8 Å². The maximum Gasteiger partial charge on any atom is 0.286 e. The summed E-state index contributed by atoms with van der Waals surface area (Å²) in [6.45, 7) is 4.20. The number of amides is 2. The van der Waals surface area contributed by atoms with E-state index in [9.17, 15) is 9.59 Å². The predicted octanol–water partition coefficient (Wildman–Crippen LogP) is 3.25. The van der Waals surface area contributed by atoms with Crippen LogP contribution in [0.2, 0.25) is 0 Å². The number of nitrogens with one attached hydrogen (secondary N) is 2. The van der Waals surface area contributed by atoms with E-state index in [1.54, 1.807) is 24.3 Å². The van der Waals surface area contributed by atoms with Crippen molar-refractivity contribution in [2.24, 2.45) is 0 Å². The lowest BCUT2D eigenvalue weighted by Crippen LogP contribution is -2.26. The van der Waals surface area contributed by atoms with Crippen molar-refractivity contribution in [3.63, 3.8) is 0 Å². The topological polar surface area (TPSA) is 110 Å². The molecule has 1 aliphatic rings. The van der Waals surface area contributed by atoms with Crippen LogP contribution in [0.4, 0.5) is 5.69 Å². The molecule has 2 N–H and O–H groups in total. The van der Waals surface area contributed by atoms with Crippen molar-refractivity contribution in [3.8, 4) is 0 Å². The minimum Gasteiger partial charge on any atom is -0.361 e. The summed E-state index contributed by atoms with van der Waals surface area (Å²) < 4.78 is 5.13. The Morgan fingerprint density at radius 2 is 2.03 bits per heavy atom. The first kappa shape index (κ1) is 19.3. The van der Waals surface area contributed by atoms with Crippen LogP contribution >= 0.6 is 11.3 Å². The molecule has 0 saturated heterocycles. The van der Waals surface area contributed by atoms with E-state index >= 15 is 0 Å². The second kappa shape index (κ2) is 8.12. The maximum atomic E-state index is 12.5. The monoisotopic (exact) mass is 411 g/mol.